The maximum absolute atomic E-state index is 13.2. The fourth-order valence-corrected chi connectivity index (χ4v) is 4.40. The number of phenols is 1. The second kappa shape index (κ2) is 6.54. The predicted molar refractivity (Wildman–Crippen MR) is 115 cm³/mol. The molecule has 0 radical (unpaired) electrons. The molecule has 4 aromatic rings. The van der Waals surface area contributed by atoms with Crippen molar-refractivity contribution in [3.63, 3.8) is 0 Å². The van der Waals surface area contributed by atoms with Crippen LogP contribution in [0.3, 0.4) is 0 Å². The first kappa shape index (κ1) is 17.8. The van der Waals surface area contributed by atoms with E-state index in [-0.39, 0.29) is 16.7 Å². The zero-order valence-electron chi connectivity index (χ0n) is 15.8. The fraction of sp³-hybridized carbons (Fsp3) is 0.261. The number of phenolic OH excluding ortho intramolecular Hbond substituents is 1. The molecule has 0 spiro atoms. The fourth-order valence-electron chi connectivity index (χ4n) is 3.55. The molecule has 0 amide bonds. The van der Waals surface area contributed by atoms with Crippen LogP contribution in [0.2, 0.25) is 0 Å². The highest BCUT2D eigenvalue weighted by Gasteiger charge is 2.19. The molecule has 0 aliphatic rings. The van der Waals surface area contributed by atoms with Crippen molar-refractivity contribution in [2.45, 2.75) is 33.7 Å². The van der Waals surface area contributed by atoms with Crippen LogP contribution in [0.5, 0.6) is 5.75 Å². The van der Waals surface area contributed by atoms with Crippen LogP contribution in [0, 0.1) is 5.41 Å². The summed E-state index contributed by atoms with van der Waals surface area (Å²) in [6.45, 7) is 7.22. The highest BCUT2D eigenvalue weighted by Crippen LogP contribution is 2.40. The Morgan fingerprint density at radius 1 is 1.04 bits per heavy atom. The zero-order chi connectivity index (χ0) is 19.2. The largest absolute Gasteiger partial charge is 0.507 e. The molecule has 27 heavy (non-hydrogen) atoms. The molecule has 0 bridgehead atoms. The number of aromatic nitrogens is 1. The lowest BCUT2D eigenvalue weighted by atomic mass is 9.92. The number of rotatable bonds is 3. The van der Waals surface area contributed by atoms with Crippen LogP contribution in [0.15, 0.2) is 58.7 Å². The molecule has 4 heteroatoms. The molecule has 2 heterocycles. The SMILES string of the molecule is CC(C)(C)CCn1c(=O)c2sccc2c2c(-c3ccccc3)c(O)ccc21. The van der Waals surface area contributed by atoms with Crippen molar-refractivity contribution in [1.82, 2.24) is 4.57 Å². The summed E-state index contributed by atoms with van der Waals surface area (Å²) in [5, 5.41) is 14.5. The Hall–Kier alpha value is -2.59. The van der Waals surface area contributed by atoms with E-state index < -0.39 is 0 Å². The minimum Gasteiger partial charge on any atom is -0.507 e. The number of thiophene rings is 1. The second-order valence-corrected chi connectivity index (χ2v) is 9.07. The molecule has 1 N–H and O–H groups in total. The van der Waals surface area contributed by atoms with E-state index in [1.165, 1.54) is 11.3 Å². The van der Waals surface area contributed by atoms with Crippen molar-refractivity contribution in [1.29, 1.82) is 0 Å². The molecular formula is C23H23NO2S. The van der Waals surface area contributed by atoms with Crippen LogP contribution < -0.4 is 5.56 Å². The van der Waals surface area contributed by atoms with Crippen LogP contribution in [0.25, 0.3) is 32.1 Å². The van der Waals surface area contributed by atoms with E-state index in [2.05, 4.69) is 20.8 Å². The van der Waals surface area contributed by atoms with Crippen LogP contribution in [0.4, 0.5) is 0 Å². The first-order valence-electron chi connectivity index (χ1n) is 9.18. The maximum Gasteiger partial charge on any atom is 0.268 e. The van der Waals surface area contributed by atoms with Crippen molar-refractivity contribution in [2.75, 3.05) is 0 Å². The van der Waals surface area contributed by atoms with E-state index in [1.54, 1.807) is 6.07 Å². The first-order valence-corrected chi connectivity index (χ1v) is 10.1. The molecule has 0 saturated heterocycles. The summed E-state index contributed by atoms with van der Waals surface area (Å²) in [6.07, 6.45) is 0.903. The third-order valence-corrected chi connectivity index (χ3v) is 5.88. The number of pyridine rings is 1. The third-order valence-electron chi connectivity index (χ3n) is 4.97. The molecule has 0 aliphatic carbocycles. The van der Waals surface area contributed by atoms with E-state index in [0.29, 0.717) is 6.54 Å². The molecule has 2 aromatic heterocycles. The zero-order valence-corrected chi connectivity index (χ0v) is 16.6. The monoisotopic (exact) mass is 377 g/mol. The van der Waals surface area contributed by atoms with Crippen molar-refractivity contribution in [3.05, 3.63) is 64.3 Å². The molecule has 0 atom stereocenters. The lowest BCUT2D eigenvalue weighted by Gasteiger charge is -2.21. The van der Waals surface area contributed by atoms with E-state index in [9.17, 15) is 9.90 Å². The number of nitrogens with zero attached hydrogens (tertiary/aromatic N) is 1. The maximum atomic E-state index is 13.2. The smallest absolute Gasteiger partial charge is 0.268 e. The van der Waals surface area contributed by atoms with Crippen LogP contribution >= 0.6 is 11.3 Å². The molecule has 138 valence electrons. The number of hydrogen-bond donors (Lipinski definition) is 1. The Labute approximate surface area is 162 Å². The summed E-state index contributed by atoms with van der Waals surface area (Å²) in [5.41, 5.74) is 2.82. The summed E-state index contributed by atoms with van der Waals surface area (Å²) >= 11 is 1.47. The molecule has 0 aliphatic heterocycles. The summed E-state index contributed by atoms with van der Waals surface area (Å²) in [6, 6.07) is 15.5. The van der Waals surface area contributed by atoms with Crippen LogP contribution in [0.1, 0.15) is 27.2 Å². The molecule has 0 fully saturated rings. The highest BCUT2D eigenvalue weighted by molar-refractivity contribution is 7.17. The minimum absolute atomic E-state index is 0.0569. The van der Waals surface area contributed by atoms with Gasteiger partial charge in [0.25, 0.3) is 5.56 Å². The van der Waals surface area contributed by atoms with Crippen LogP contribution in [-0.2, 0) is 6.54 Å². The molecule has 0 saturated carbocycles. The Bertz CT molecular complexity index is 1180. The Morgan fingerprint density at radius 2 is 1.78 bits per heavy atom. The first-order chi connectivity index (χ1) is 12.9. The Balaban J connectivity index is 2.10. The summed E-state index contributed by atoms with van der Waals surface area (Å²) < 4.78 is 2.63. The summed E-state index contributed by atoms with van der Waals surface area (Å²) in [5.74, 6) is 0.238. The van der Waals surface area contributed by atoms with Crippen molar-refractivity contribution < 1.29 is 5.11 Å². The van der Waals surface area contributed by atoms with Gasteiger partial charge in [0.2, 0.25) is 0 Å². The van der Waals surface area contributed by atoms with Gasteiger partial charge in [-0.05, 0) is 41.0 Å². The van der Waals surface area contributed by atoms with E-state index in [0.717, 1.165) is 38.5 Å². The molecule has 0 unspecified atom stereocenters. The molecule has 2 aromatic carbocycles. The lowest BCUT2D eigenvalue weighted by molar-refractivity contribution is 0.351. The number of hydrogen-bond acceptors (Lipinski definition) is 3. The molecular weight excluding hydrogens is 354 g/mol. The van der Waals surface area contributed by atoms with Gasteiger partial charge in [0, 0.05) is 22.9 Å². The lowest BCUT2D eigenvalue weighted by Crippen LogP contribution is -2.23. The number of aromatic hydroxyl groups is 1. The molecule has 4 rings (SSSR count). The topological polar surface area (TPSA) is 42.2 Å². The number of fused-ring (bicyclic) bond motifs is 3. The van der Waals surface area contributed by atoms with Crippen molar-refractivity contribution >= 4 is 32.3 Å². The summed E-state index contributed by atoms with van der Waals surface area (Å²) in [4.78, 5) is 13.2. The van der Waals surface area contributed by atoms with Gasteiger partial charge in [-0.1, -0.05) is 51.1 Å². The summed E-state index contributed by atoms with van der Waals surface area (Å²) in [7, 11) is 0. The number of aryl methyl sites for hydroxylation is 1. The second-order valence-electron chi connectivity index (χ2n) is 8.15. The van der Waals surface area contributed by atoms with Gasteiger partial charge in [0.05, 0.1) is 5.52 Å². The third kappa shape index (κ3) is 3.15. The van der Waals surface area contributed by atoms with E-state index in [4.69, 9.17) is 0 Å². The van der Waals surface area contributed by atoms with Crippen molar-refractivity contribution in [2.24, 2.45) is 5.41 Å². The molecule has 3 nitrogen and oxygen atoms in total. The van der Waals surface area contributed by atoms with Gasteiger partial charge in [-0.15, -0.1) is 11.3 Å². The predicted octanol–water partition coefficient (Wildman–Crippen LogP) is 6.03. The average molecular weight is 378 g/mol. The number of benzene rings is 2. The standard InChI is InChI=1S/C23H23NO2S/c1-23(2,3)12-13-24-17-9-10-18(25)19(15-7-5-4-6-8-15)20(17)16-11-14-27-21(16)22(24)26/h4-11,14,25H,12-13H2,1-3H3. The highest BCUT2D eigenvalue weighted by atomic mass is 32.1. The van der Waals surface area contributed by atoms with E-state index >= 15 is 0 Å². The van der Waals surface area contributed by atoms with Gasteiger partial charge < -0.3 is 9.67 Å². The van der Waals surface area contributed by atoms with Crippen LogP contribution in [-0.4, -0.2) is 9.67 Å². The van der Waals surface area contributed by atoms with E-state index in [1.807, 2.05) is 52.4 Å². The van der Waals surface area contributed by atoms with Gasteiger partial charge in [0.15, 0.2) is 0 Å². The Kier molecular flexibility index (Phi) is 4.31. The minimum atomic E-state index is 0.0569. The average Bonchev–Trinajstić information content (AvgIpc) is 3.11. The Morgan fingerprint density at radius 3 is 2.48 bits per heavy atom. The van der Waals surface area contributed by atoms with Gasteiger partial charge in [-0.3, -0.25) is 4.79 Å². The van der Waals surface area contributed by atoms with Gasteiger partial charge in [0.1, 0.15) is 10.4 Å². The normalized spacial score (nSPS) is 12.1. The van der Waals surface area contributed by atoms with Gasteiger partial charge in [-0.2, -0.15) is 0 Å². The quantitative estimate of drug-likeness (QED) is 0.474. The van der Waals surface area contributed by atoms with Gasteiger partial charge in [-0.25, -0.2) is 0 Å². The van der Waals surface area contributed by atoms with Crippen molar-refractivity contribution in [3.8, 4) is 16.9 Å². The van der Waals surface area contributed by atoms with Gasteiger partial charge >= 0.3 is 0 Å².